The van der Waals surface area contributed by atoms with Gasteiger partial charge in [-0.2, -0.15) is 0 Å². The lowest BCUT2D eigenvalue weighted by Crippen LogP contribution is -2.52. The second-order valence-corrected chi connectivity index (χ2v) is 14.4. The topological polar surface area (TPSA) is 26.0 Å². The lowest BCUT2D eigenvalue weighted by Gasteiger charge is -2.54. The van der Waals surface area contributed by atoms with E-state index in [0.717, 1.165) is 35.2 Å². The van der Waals surface area contributed by atoms with Crippen LogP contribution in [0.3, 0.4) is 0 Å². The van der Waals surface area contributed by atoms with Gasteiger partial charge in [0.2, 0.25) is 0 Å². The molecule has 4 aromatic carbocycles. The number of para-hydroxylation sites is 1. The number of anilines is 1. The number of allylic oxidation sites excluding steroid dienone is 17. The van der Waals surface area contributed by atoms with Gasteiger partial charge in [-0.05, 0) is 69.4 Å². The highest BCUT2D eigenvalue weighted by Crippen LogP contribution is 2.66. The molecule has 0 radical (unpaired) electrons. The first-order valence-electron chi connectivity index (χ1n) is 18.8. The van der Waals surface area contributed by atoms with Crippen molar-refractivity contribution in [2.45, 2.75) is 41.9 Å². The van der Waals surface area contributed by atoms with Crippen molar-refractivity contribution in [1.82, 2.24) is 0 Å². The van der Waals surface area contributed by atoms with Gasteiger partial charge in [-0.1, -0.05) is 208 Å². The zero-order valence-corrected chi connectivity index (χ0v) is 30.7. The molecule has 5 atom stereocenters. The molecular weight excluding hydrogens is 639 g/mol. The number of hydrogen-bond donors (Lipinski definition) is 1. The van der Waals surface area contributed by atoms with Crippen LogP contribution in [0, 0.1) is 5.92 Å². The summed E-state index contributed by atoms with van der Waals surface area (Å²) in [6, 6.07) is 37.1. The van der Waals surface area contributed by atoms with E-state index in [-0.39, 0.29) is 17.3 Å². The Bertz CT molecular complexity index is 2240. The molecule has 0 spiro atoms. The van der Waals surface area contributed by atoms with Crippen LogP contribution in [0.15, 0.2) is 220 Å². The van der Waals surface area contributed by atoms with E-state index in [4.69, 9.17) is 12.3 Å². The van der Waals surface area contributed by atoms with E-state index in [0.29, 0.717) is 0 Å². The van der Waals surface area contributed by atoms with E-state index in [2.05, 4.69) is 178 Å². The van der Waals surface area contributed by atoms with Gasteiger partial charge in [0.1, 0.15) is 0 Å². The number of nitrogen functional groups attached to an aromatic ring is 1. The first-order chi connectivity index (χ1) is 25.9. The lowest BCUT2D eigenvalue weighted by atomic mass is 9.47. The monoisotopic (exact) mass is 687 g/mol. The second-order valence-electron chi connectivity index (χ2n) is 14.4. The molecule has 1 nitrogen and oxygen atoms in total. The summed E-state index contributed by atoms with van der Waals surface area (Å²) >= 11 is 0. The van der Waals surface area contributed by atoms with Crippen molar-refractivity contribution >= 4 is 11.3 Å². The average Bonchev–Trinajstić information content (AvgIpc) is 3.47. The van der Waals surface area contributed by atoms with Crippen LogP contribution in [0.4, 0.5) is 5.69 Å². The van der Waals surface area contributed by atoms with Crippen molar-refractivity contribution in [2.24, 2.45) is 5.92 Å². The van der Waals surface area contributed by atoms with Crippen molar-refractivity contribution < 1.29 is 0 Å². The van der Waals surface area contributed by atoms with Crippen LogP contribution in [0.25, 0.3) is 5.57 Å². The van der Waals surface area contributed by atoms with E-state index in [1.807, 2.05) is 30.4 Å². The first kappa shape index (κ1) is 35.5. The lowest BCUT2D eigenvalue weighted by molar-refractivity contribution is 0.330. The number of hydrogen-bond acceptors (Lipinski definition) is 1. The van der Waals surface area contributed by atoms with Crippen LogP contribution >= 0.6 is 0 Å². The number of rotatable bonds is 12. The molecule has 3 aliphatic carbocycles. The van der Waals surface area contributed by atoms with Crippen LogP contribution in [0.2, 0.25) is 0 Å². The summed E-state index contributed by atoms with van der Waals surface area (Å²) in [7, 11) is 0. The molecule has 7 rings (SSSR count). The van der Waals surface area contributed by atoms with E-state index in [1.54, 1.807) is 6.08 Å². The molecule has 0 amide bonds. The van der Waals surface area contributed by atoms with Crippen LogP contribution in [-0.2, 0) is 16.2 Å². The van der Waals surface area contributed by atoms with E-state index in [9.17, 15) is 0 Å². The maximum Gasteiger partial charge on any atom is 0.0600 e. The smallest absolute Gasteiger partial charge is 0.0600 e. The molecule has 3 aliphatic rings. The molecule has 0 fully saturated rings. The average molecular weight is 688 g/mol. The summed E-state index contributed by atoms with van der Waals surface area (Å²) in [6.45, 7) is 15.3. The second kappa shape index (κ2) is 15.0. The summed E-state index contributed by atoms with van der Waals surface area (Å²) in [6.07, 6.45) is 34.7. The molecule has 0 aliphatic heterocycles. The Labute approximate surface area is 316 Å². The summed E-state index contributed by atoms with van der Waals surface area (Å²) < 4.78 is 0. The Morgan fingerprint density at radius 2 is 1.57 bits per heavy atom. The number of nitrogens with two attached hydrogens (primary N) is 1. The van der Waals surface area contributed by atoms with Gasteiger partial charge in [0.15, 0.2) is 0 Å². The van der Waals surface area contributed by atoms with Crippen LogP contribution in [0.5, 0.6) is 0 Å². The third-order valence-corrected chi connectivity index (χ3v) is 11.7. The molecule has 53 heavy (non-hydrogen) atoms. The first-order valence-corrected chi connectivity index (χ1v) is 18.8. The van der Waals surface area contributed by atoms with Crippen molar-refractivity contribution in [3.8, 4) is 0 Å². The fraction of sp³-hybridized carbons (Fsp3) is 0.154. The van der Waals surface area contributed by atoms with E-state index >= 15 is 0 Å². The zero-order valence-electron chi connectivity index (χ0n) is 30.7. The fourth-order valence-electron chi connectivity index (χ4n) is 8.99. The maximum atomic E-state index is 7.08. The Morgan fingerprint density at radius 1 is 0.811 bits per heavy atom. The SMILES string of the molecule is C=C/C=C\C=C/C(/C=C\C(=C)C1(c2ccccc2N)c2ccccc2C2C=CC1(c1cccc(C3=CC=CC(C=C)(c4ccccc4)C=C3)c1)C2)CC. The minimum absolute atomic E-state index is 0.247. The van der Waals surface area contributed by atoms with Gasteiger partial charge in [-0.15, -0.1) is 6.58 Å². The molecule has 262 valence electrons. The molecule has 2 N–H and O–H groups in total. The third-order valence-electron chi connectivity index (χ3n) is 11.7. The minimum Gasteiger partial charge on any atom is -0.398 e. The van der Waals surface area contributed by atoms with Gasteiger partial charge in [0, 0.05) is 22.4 Å². The highest BCUT2D eigenvalue weighted by atomic mass is 14.7. The molecule has 1 heteroatoms. The van der Waals surface area contributed by atoms with E-state index < -0.39 is 10.8 Å². The fourth-order valence-corrected chi connectivity index (χ4v) is 8.99. The van der Waals surface area contributed by atoms with Gasteiger partial charge in [0.25, 0.3) is 0 Å². The van der Waals surface area contributed by atoms with Crippen LogP contribution in [-0.4, -0.2) is 0 Å². The van der Waals surface area contributed by atoms with Crippen molar-refractivity contribution in [2.75, 3.05) is 5.73 Å². The van der Waals surface area contributed by atoms with Gasteiger partial charge in [0.05, 0.1) is 5.41 Å². The van der Waals surface area contributed by atoms with Crippen LogP contribution < -0.4 is 5.73 Å². The summed E-state index contributed by atoms with van der Waals surface area (Å²) in [5.41, 5.74) is 15.8. The molecule has 0 saturated heterocycles. The Morgan fingerprint density at radius 3 is 2.34 bits per heavy atom. The van der Waals surface area contributed by atoms with Gasteiger partial charge >= 0.3 is 0 Å². The molecule has 5 unspecified atom stereocenters. The van der Waals surface area contributed by atoms with Crippen molar-refractivity contribution in [1.29, 1.82) is 0 Å². The highest BCUT2D eigenvalue weighted by molar-refractivity contribution is 5.79. The Kier molecular flexibility index (Phi) is 10.0. The standard InChI is InChI=1S/C52H49N/c1-5-8-9-11-20-40(6-2)31-30-39(4)52(48-28-16-17-29-49(48)53)47-27-15-14-26-46(47)43-33-36-51(52,38-43)45-25-18-21-42(37-45)41-22-19-34-50(7-3,35-32-41)44-23-12-10-13-24-44/h5,7-37,40,43H,1,3-4,6,38,53H2,2H3/b9-8-,20-11-,31-30-. The molecule has 0 saturated carbocycles. The normalized spacial score (nSPS) is 25.0. The maximum absolute atomic E-state index is 7.08. The van der Waals surface area contributed by atoms with E-state index in [1.165, 1.54) is 27.8 Å². The third kappa shape index (κ3) is 6.11. The van der Waals surface area contributed by atoms with Gasteiger partial charge in [-0.25, -0.2) is 0 Å². The highest BCUT2D eigenvalue weighted by Gasteiger charge is 2.61. The minimum atomic E-state index is -0.669. The number of fused-ring (bicyclic) bond motifs is 4. The largest absolute Gasteiger partial charge is 0.398 e. The molecule has 2 bridgehead atoms. The quantitative estimate of drug-likeness (QED) is 0.0895. The van der Waals surface area contributed by atoms with Gasteiger partial charge in [-0.3, -0.25) is 0 Å². The molecule has 0 aromatic heterocycles. The number of benzene rings is 4. The summed E-state index contributed by atoms with van der Waals surface area (Å²) in [5, 5.41) is 0. The summed E-state index contributed by atoms with van der Waals surface area (Å²) in [5.74, 6) is 0.531. The van der Waals surface area contributed by atoms with Crippen molar-refractivity contribution in [3.63, 3.8) is 0 Å². The van der Waals surface area contributed by atoms with Crippen LogP contribution in [0.1, 0.15) is 59.1 Å². The van der Waals surface area contributed by atoms with Crippen molar-refractivity contribution in [3.05, 3.63) is 253 Å². The predicted octanol–water partition coefficient (Wildman–Crippen LogP) is 12.6. The molecule has 4 aromatic rings. The van der Waals surface area contributed by atoms with Gasteiger partial charge < -0.3 is 5.73 Å². The predicted molar refractivity (Wildman–Crippen MR) is 228 cm³/mol. The molecular formula is C52H49N. The molecule has 0 heterocycles. The Hall–Kier alpha value is -5.92. The zero-order chi connectivity index (χ0) is 36.9. The summed E-state index contributed by atoms with van der Waals surface area (Å²) in [4.78, 5) is 0. The Balaban J connectivity index is 1.40.